The van der Waals surface area contributed by atoms with Gasteiger partial charge in [0.25, 0.3) is 0 Å². The van der Waals surface area contributed by atoms with Gasteiger partial charge in [-0.2, -0.15) is 5.26 Å². The number of thiocarbonyl (C=S) groups is 1. The number of imidazole rings is 1. The first-order valence-electron chi connectivity index (χ1n) is 14.6. The molecule has 2 N–H and O–H groups in total. The molecular weight excluding hydrogens is 627 g/mol. The van der Waals surface area contributed by atoms with Gasteiger partial charge in [-0.15, -0.1) is 0 Å². The number of nitrogens with one attached hydrogen (secondary N) is 2. The minimum Gasteiger partial charge on any atom is -0.497 e. The summed E-state index contributed by atoms with van der Waals surface area (Å²) in [6.07, 6.45) is 4.43. The number of rotatable bonds is 13. The molecule has 8 nitrogen and oxygen atoms in total. The summed E-state index contributed by atoms with van der Waals surface area (Å²) in [4.78, 5) is 19.8. The monoisotopic (exact) mass is 662 g/mol. The first-order chi connectivity index (χ1) is 21.7. The van der Waals surface area contributed by atoms with Crippen LogP contribution >= 0.6 is 35.4 Å². The number of hydrogen-bond acceptors (Lipinski definition) is 5. The fraction of sp³-hybridized carbons (Fsp3) is 0.294. The Bertz CT molecular complexity index is 1620. The summed E-state index contributed by atoms with van der Waals surface area (Å²) < 4.78 is 7.22. The Kier molecular flexibility index (Phi) is 12.2. The van der Waals surface area contributed by atoms with E-state index in [-0.39, 0.29) is 24.3 Å². The zero-order valence-corrected chi connectivity index (χ0v) is 27.8. The third kappa shape index (κ3) is 9.44. The lowest BCUT2D eigenvalue weighted by Gasteiger charge is -2.33. The number of amides is 1. The Morgan fingerprint density at radius 2 is 1.80 bits per heavy atom. The topological polar surface area (TPSA) is 95.2 Å². The quantitative estimate of drug-likeness (QED) is 0.148. The van der Waals surface area contributed by atoms with Crippen molar-refractivity contribution in [2.75, 3.05) is 19.0 Å². The van der Waals surface area contributed by atoms with Crippen LogP contribution in [0.2, 0.25) is 10.0 Å². The highest BCUT2D eigenvalue weighted by atomic mass is 35.5. The fourth-order valence-electron chi connectivity index (χ4n) is 4.80. The minimum atomic E-state index is -0.228. The highest BCUT2D eigenvalue weighted by Gasteiger charge is 2.25. The van der Waals surface area contributed by atoms with Gasteiger partial charge in [0.1, 0.15) is 5.75 Å². The second-order valence-corrected chi connectivity index (χ2v) is 12.0. The van der Waals surface area contributed by atoms with Crippen LogP contribution in [0.15, 0.2) is 79.3 Å². The summed E-state index contributed by atoms with van der Waals surface area (Å²) in [5.41, 5.74) is 3.95. The third-order valence-corrected chi connectivity index (χ3v) is 8.78. The van der Waals surface area contributed by atoms with Crippen LogP contribution in [0.4, 0.5) is 5.69 Å². The van der Waals surface area contributed by atoms with Crippen molar-refractivity contribution < 1.29 is 9.53 Å². The lowest BCUT2D eigenvalue weighted by molar-refractivity contribution is -0.121. The molecular formula is C34H36Cl2N6O2S. The zero-order valence-electron chi connectivity index (χ0n) is 25.5. The van der Waals surface area contributed by atoms with Crippen molar-refractivity contribution in [3.8, 4) is 11.8 Å². The van der Waals surface area contributed by atoms with Crippen LogP contribution in [0.1, 0.15) is 42.7 Å². The maximum Gasteiger partial charge on any atom is 0.226 e. The maximum absolute atomic E-state index is 13.5. The van der Waals surface area contributed by atoms with Crippen LogP contribution in [0, 0.1) is 17.2 Å². The Morgan fingerprint density at radius 1 is 1.11 bits per heavy atom. The molecule has 4 aromatic rings. The van der Waals surface area contributed by atoms with Gasteiger partial charge in [-0.05, 0) is 72.2 Å². The minimum absolute atomic E-state index is 0.119. The van der Waals surface area contributed by atoms with E-state index in [0.717, 1.165) is 34.7 Å². The molecule has 1 amide bonds. The number of nitrogens with zero attached hydrogens (tertiary/aromatic N) is 4. The predicted octanol–water partition coefficient (Wildman–Crippen LogP) is 7.09. The van der Waals surface area contributed by atoms with Gasteiger partial charge in [0.2, 0.25) is 5.91 Å². The van der Waals surface area contributed by atoms with Crippen molar-refractivity contribution >= 4 is 52.1 Å². The molecule has 0 aliphatic heterocycles. The molecule has 0 bridgehead atoms. The van der Waals surface area contributed by atoms with E-state index in [2.05, 4.69) is 35.5 Å². The number of hydrogen-bond donors (Lipinski definition) is 2. The van der Waals surface area contributed by atoms with Gasteiger partial charge in [-0.1, -0.05) is 61.7 Å². The molecule has 3 aromatic carbocycles. The highest BCUT2D eigenvalue weighted by Crippen LogP contribution is 2.27. The van der Waals surface area contributed by atoms with E-state index in [0.29, 0.717) is 40.4 Å². The third-order valence-electron chi connectivity index (χ3n) is 7.71. The molecule has 45 heavy (non-hydrogen) atoms. The van der Waals surface area contributed by atoms with E-state index in [1.54, 1.807) is 50.0 Å². The first kappa shape index (κ1) is 33.8. The predicted molar refractivity (Wildman–Crippen MR) is 184 cm³/mol. The van der Waals surface area contributed by atoms with Crippen molar-refractivity contribution in [2.24, 2.45) is 5.92 Å². The molecule has 0 saturated carbocycles. The van der Waals surface area contributed by atoms with Gasteiger partial charge in [-0.3, -0.25) is 4.79 Å². The normalized spacial score (nSPS) is 12.1. The molecule has 2 unspecified atom stereocenters. The van der Waals surface area contributed by atoms with Crippen LogP contribution in [0.25, 0.3) is 0 Å². The van der Waals surface area contributed by atoms with Crippen molar-refractivity contribution in [3.63, 3.8) is 0 Å². The molecule has 2 atom stereocenters. The van der Waals surface area contributed by atoms with Gasteiger partial charge < -0.3 is 24.8 Å². The molecule has 0 fully saturated rings. The Labute approximate surface area is 279 Å². The molecule has 11 heteroatoms. The lowest BCUT2D eigenvalue weighted by atomic mass is 9.98. The Morgan fingerprint density at radius 3 is 2.42 bits per heavy atom. The lowest BCUT2D eigenvalue weighted by Crippen LogP contribution is -2.50. The maximum atomic E-state index is 13.5. The van der Waals surface area contributed by atoms with Gasteiger partial charge in [0.15, 0.2) is 5.11 Å². The number of carbonyl (C=O) groups excluding carboxylic acids is 1. The largest absolute Gasteiger partial charge is 0.497 e. The van der Waals surface area contributed by atoms with Crippen LogP contribution in [0.5, 0.6) is 5.75 Å². The smallest absolute Gasteiger partial charge is 0.226 e. The van der Waals surface area contributed by atoms with Crippen LogP contribution in [-0.2, 0) is 24.3 Å². The molecule has 0 spiro atoms. The van der Waals surface area contributed by atoms with Gasteiger partial charge in [0.05, 0.1) is 31.5 Å². The number of aromatic nitrogens is 2. The zero-order chi connectivity index (χ0) is 32.3. The Balaban J connectivity index is 1.51. The number of halogens is 2. The number of anilines is 1. The number of benzene rings is 3. The average Bonchev–Trinajstić information content (AvgIpc) is 3.47. The van der Waals surface area contributed by atoms with E-state index in [4.69, 9.17) is 45.4 Å². The molecule has 234 valence electrons. The average molecular weight is 664 g/mol. The molecule has 0 radical (unpaired) electrons. The Hall–Kier alpha value is -4.10. The van der Waals surface area contributed by atoms with Gasteiger partial charge in [0, 0.05) is 58.9 Å². The van der Waals surface area contributed by atoms with Crippen molar-refractivity contribution in [1.82, 2.24) is 19.8 Å². The van der Waals surface area contributed by atoms with E-state index >= 15 is 0 Å². The van der Waals surface area contributed by atoms with Gasteiger partial charge in [-0.25, -0.2) is 4.98 Å². The summed E-state index contributed by atoms with van der Waals surface area (Å²) >= 11 is 19.0. The van der Waals surface area contributed by atoms with Crippen LogP contribution < -0.4 is 15.4 Å². The van der Waals surface area contributed by atoms with E-state index in [1.807, 2.05) is 45.9 Å². The summed E-state index contributed by atoms with van der Waals surface area (Å²) in [6.45, 7) is 5.52. The molecule has 4 rings (SSSR count). The summed E-state index contributed by atoms with van der Waals surface area (Å²) in [5.74, 6) is 0.765. The summed E-state index contributed by atoms with van der Waals surface area (Å²) in [5, 5.41) is 17.2. The van der Waals surface area contributed by atoms with E-state index in [9.17, 15) is 4.79 Å². The fourth-order valence-corrected chi connectivity index (χ4v) is 5.58. The number of nitriles is 1. The molecule has 0 aliphatic carbocycles. The van der Waals surface area contributed by atoms with E-state index in [1.165, 1.54) is 0 Å². The number of ether oxygens (including phenoxy) is 1. The number of methoxy groups -OCH3 is 1. The SMILES string of the molecule is CCC(C)C(CN(Cc1c(Cl)cccc1Cl)C(=S)Nc1ccc(OC)cc1)NC(=O)Cc1cncn1Cc1ccc(C#N)cc1. The molecule has 1 heterocycles. The van der Waals surface area contributed by atoms with Crippen molar-refractivity contribution in [1.29, 1.82) is 5.26 Å². The molecule has 1 aromatic heterocycles. The van der Waals surface area contributed by atoms with Crippen molar-refractivity contribution in [3.05, 3.63) is 112 Å². The van der Waals surface area contributed by atoms with E-state index < -0.39 is 0 Å². The second kappa shape index (κ2) is 16.3. The molecule has 0 saturated heterocycles. The second-order valence-electron chi connectivity index (χ2n) is 10.8. The summed E-state index contributed by atoms with van der Waals surface area (Å²) in [7, 11) is 1.62. The number of carbonyl (C=O) groups is 1. The first-order valence-corrected chi connectivity index (χ1v) is 15.8. The highest BCUT2D eigenvalue weighted by molar-refractivity contribution is 7.80. The van der Waals surface area contributed by atoms with Crippen LogP contribution in [-0.4, -0.2) is 45.2 Å². The van der Waals surface area contributed by atoms with Crippen LogP contribution in [0.3, 0.4) is 0 Å². The van der Waals surface area contributed by atoms with Crippen molar-refractivity contribution in [2.45, 2.75) is 45.8 Å². The standard InChI is InChI=1S/C34H36Cl2N6O2S/c1-4-23(2)32(40-33(43)16-27-18-38-22-42(27)19-25-10-8-24(17-37)9-11-25)21-41(20-29-30(35)6-5-7-31(29)36)34(45)39-26-12-14-28(44-3)15-13-26/h5-15,18,22-23,32H,4,16,19-21H2,1-3H3,(H,39,45)(H,40,43). The summed E-state index contributed by atoms with van der Waals surface area (Å²) in [6, 6.07) is 22.2. The molecule has 0 aliphatic rings. The van der Waals surface area contributed by atoms with Gasteiger partial charge >= 0.3 is 0 Å².